The van der Waals surface area contributed by atoms with Gasteiger partial charge in [0.25, 0.3) is 0 Å². The van der Waals surface area contributed by atoms with Gasteiger partial charge in [0.05, 0.1) is 27.8 Å². The third-order valence-electron chi connectivity index (χ3n) is 4.68. The van der Waals surface area contributed by atoms with Crippen LogP contribution in [0.25, 0.3) is 10.1 Å². The van der Waals surface area contributed by atoms with E-state index >= 15 is 4.39 Å². The zero-order chi connectivity index (χ0) is 21.9. The molecule has 0 N–H and O–H groups in total. The molecule has 1 aliphatic rings. The van der Waals surface area contributed by atoms with Gasteiger partial charge in [-0.1, -0.05) is 0 Å². The summed E-state index contributed by atoms with van der Waals surface area (Å²) in [4.78, 5) is 24.8. The van der Waals surface area contributed by atoms with E-state index in [1.807, 2.05) is 0 Å². The van der Waals surface area contributed by atoms with Gasteiger partial charge in [0.1, 0.15) is 10.2 Å². The van der Waals surface area contributed by atoms with E-state index in [1.165, 1.54) is 39.6 Å². The van der Waals surface area contributed by atoms with E-state index in [4.69, 9.17) is 18.9 Å². The molecular weight excluding hydrogens is 451 g/mol. The molecule has 3 rings (SSSR count). The largest absolute Gasteiger partial charge is 0.493 e. The second kappa shape index (κ2) is 9.65. The molecule has 10 heteroatoms. The van der Waals surface area contributed by atoms with Crippen molar-refractivity contribution in [1.29, 1.82) is 0 Å². The van der Waals surface area contributed by atoms with Gasteiger partial charge in [0.2, 0.25) is 0 Å². The molecule has 0 bridgehead atoms. The summed E-state index contributed by atoms with van der Waals surface area (Å²) in [5.74, 6) is 0.546. The van der Waals surface area contributed by atoms with Crippen molar-refractivity contribution in [1.82, 2.24) is 0 Å². The lowest BCUT2D eigenvalue weighted by atomic mass is 10.1. The molecule has 1 fully saturated rings. The maximum atomic E-state index is 15.1. The number of thiophene rings is 1. The first-order valence-electron chi connectivity index (χ1n) is 9.22. The van der Waals surface area contributed by atoms with E-state index in [0.717, 1.165) is 22.8 Å². The molecule has 0 radical (unpaired) electrons. The molecule has 6 nitrogen and oxygen atoms in total. The Morgan fingerprint density at radius 2 is 1.87 bits per heavy atom. The summed E-state index contributed by atoms with van der Waals surface area (Å²) in [7, 11) is 4.15. The number of halogens is 1. The SMILES string of the molecule is COC(=O)C[C@H](OC(C)=O)C1(c2cc3c(F)c(OC)c(OC)cc3s2)SCCCS1. The lowest BCUT2D eigenvalue weighted by Crippen LogP contribution is -2.40. The van der Waals surface area contributed by atoms with Crippen LogP contribution in [0.4, 0.5) is 4.39 Å². The topological polar surface area (TPSA) is 71.1 Å². The number of esters is 2. The highest BCUT2D eigenvalue weighted by molar-refractivity contribution is 8.18. The van der Waals surface area contributed by atoms with Crippen LogP contribution in [0.1, 0.15) is 24.6 Å². The highest BCUT2D eigenvalue weighted by atomic mass is 32.2. The van der Waals surface area contributed by atoms with Gasteiger partial charge in [-0.25, -0.2) is 4.39 Å². The second-order valence-corrected chi connectivity index (χ2v) is 10.6. The summed E-state index contributed by atoms with van der Waals surface area (Å²) < 4.78 is 36.0. The molecule has 2 aromatic rings. The Balaban J connectivity index is 2.16. The Hall–Kier alpha value is -1.65. The molecule has 2 heterocycles. The molecule has 0 amide bonds. The number of carbonyl (C=O) groups is 2. The minimum atomic E-state index is -0.752. The molecule has 1 aromatic heterocycles. The molecule has 164 valence electrons. The van der Waals surface area contributed by atoms with E-state index in [1.54, 1.807) is 35.7 Å². The van der Waals surface area contributed by atoms with Gasteiger partial charge in [0, 0.05) is 28.0 Å². The van der Waals surface area contributed by atoms with E-state index < -0.39 is 27.9 Å². The van der Waals surface area contributed by atoms with Gasteiger partial charge in [-0.2, -0.15) is 0 Å². The summed E-state index contributed by atoms with van der Waals surface area (Å²) in [5, 5.41) is 0.401. The molecule has 0 unspecified atom stereocenters. The van der Waals surface area contributed by atoms with Gasteiger partial charge in [-0.05, 0) is 24.0 Å². The number of thioether (sulfide) groups is 2. The molecule has 0 spiro atoms. The van der Waals surface area contributed by atoms with Crippen LogP contribution in [-0.4, -0.2) is 50.9 Å². The molecule has 0 aliphatic carbocycles. The average Bonchev–Trinajstić information content (AvgIpc) is 3.18. The standard InChI is InChI=1S/C20H23FO6S3/c1-11(22)27-15(10-17(23)25-3)20(28-6-5-7-29-20)16-8-12-14(30-16)9-13(24-2)19(26-4)18(12)21/h8-9,15H,5-7,10H2,1-4H3/t15-/m0/s1. The number of fused-ring (bicyclic) bond motifs is 1. The second-order valence-electron chi connectivity index (χ2n) is 6.54. The van der Waals surface area contributed by atoms with Crippen LogP contribution in [0.15, 0.2) is 12.1 Å². The Kier molecular flexibility index (Phi) is 7.41. The maximum Gasteiger partial charge on any atom is 0.309 e. The van der Waals surface area contributed by atoms with Crippen molar-refractivity contribution in [3.05, 3.63) is 22.8 Å². The van der Waals surface area contributed by atoms with Crippen molar-refractivity contribution in [2.45, 2.75) is 29.9 Å². The van der Waals surface area contributed by atoms with Crippen LogP contribution < -0.4 is 9.47 Å². The fourth-order valence-corrected chi connectivity index (χ4v) is 8.29. The van der Waals surface area contributed by atoms with E-state index in [9.17, 15) is 9.59 Å². The van der Waals surface area contributed by atoms with E-state index in [2.05, 4.69) is 0 Å². The number of rotatable bonds is 7. The maximum absolute atomic E-state index is 15.1. The molecule has 1 aromatic carbocycles. The smallest absolute Gasteiger partial charge is 0.309 e. The minimum Gasteiger partial charge on any atom is -0.493 e. The Morgan fingerprint density at radius 1 is 1.17 bits per heavy atom. The first kappa shape index (κ1) is 23.0. The molecule has 1 atom stereocenters. The van der Waals surface area contributed by atoms with Crippen LogP contribution in [0.5, 0.6) is 11.5 Å². The Morgan fingerprint density at radius 3 is 2.43 bits per heavy atom. The third-order valence-corrected chi connectivity index (χ3v) is 9.68. The van der Waals surface area contributed by atoms with Crippen LogP contribution in [0.3, 0.4) is 0 Å². The third kappa shape index (κ3) is 4.36. The quantitative estimate of drug-likeness (QED) is 0.540. The lowest BCUT2D eigenvalue weighted by Gasteiger charge is -2.40. The first-order chi connectivity index (χ1) is 14.4. The van der Waals surface area contributed by atoms with Crippen LogP contribution in [-0.2, 0) is 23.1 Å². The molecular formula is C20H23FO6S3. The Bertz CT molecular complexity index is 938. The summed E-state index contributed by atoms with van der Waals surface area (Å²) in [6, 6.07) is 3.49. The number of hydrogen-bond donors (Lipinski definition) is 0. The zero-order valence-corrected chi connectivity index (χ0v) is 19.6. The van der Waals surface area contributed by atoms with Gasteiger partial charge in [-0.15, -0.1) is 34.9 Å². The Labute approximate surface area is 186 Å². The fourth-order valence-electron chi connectivity index (χ4n) is 3.34. The van der Waals surface area contributed by atoms with Crippen molar-refractivity contribution >= 4 is 56.9 Å². The number of benzene rings is 1. The highest BCUT2D eigenvalue weighted by Crippen LogP contribution is 2.57. The van der Waals surface area contributed by atoms with Crippen LogP contribution >= 0.6 is 34.9 Å². The number of ether oxygens (including phenoxy) is 4. The van der Waals surface area contributed by atoms with Crippen LogP contribution in [0.2, 0.25) is 0 Å². The van der Waals surface area contributed by atoms with Crippen molar-refractivity contribution in [2.24, 2.45) is 0 Å². The normalized spacial score (nSPS) is 16.7. The van der Waals surface area contributed by atoms with Crippen molar-refractivity contribution in [3.8, 4) is 11.5 Å². The number of hydrogen-bond acceptors (Lipinski definition) is 9. The molecule has 30 heavy (non-hydrogen) atoms. The molecule has 1 aliphatic heterocycles. The van der Waals surface area contributed by atoms with Gasteiger partial charge >= 0.3 is 11.9 Å². The van der Waals surface area contributed by atoms with E-state index in [0.29, 0.717) is 15.8 Å². The summed E-state index contributed by atoms with van der Waals surface area (Å²) in [6.45, 7) is 1.32. The van der Waals surface area contributed by atoms with Crippen molar-refractivity contribution in [2.75, 3.05) is 32.8 Å². The minimum absolute atomic E-state index is 0.0402. The average molecular weight is 475 g/mol. The lowest BCUT2D eigenvalue weighted by molar-refractivity contribution is -0.152. The van der Waals surface area contributed by atoms with Crippen molar-refractivity contribution < 1.29 is 32.9 Å². The number of carbonyl (C=O) groups excluding carboxylic acids is 2. The van der Waals surface area contributed by atoms with E-state index in [-0.39, 0.29) is 12.2 Å². The van der Waals surface area contributed by atoms with Crippen molar-refractivity contribution in [3.63, 3.8) is 0 Å². The summed E-state index contributed by atoms with van der Waals surface area (Å²) in [6.07, 6.45) is 0.153. The predicted molar refractivity (Wildman–Crippen MR) is 118 cm³/mol. The summed E-state index contributed by atoms with van der Waals surface area (Å²) >= 11 is 4.62. The van der Waals surface area contributed by atoms with Crippen LogP contribution in [0, 0.1) is 5.82 Å². The molecule has 0 saturated carbocycles. The van der Waals surface area contributed by atoms with Gasteiger partial charge < -0.3 is 18.9 Å². The first-order valence-corrected chi connectivity index (χ1v) is 12.0. The van der Waals surface area contributed by atoms with Gasteiger partial charge in [0.15, 0.2) is 17.3 Å². The fraction of sp³-hybridized carbons (Fsp3) is 0.500. The zero-order valence-electron chi connectivity index (χ0n) is 17.1. The molecule has 1 saturated heterocycles. The monoisotopic (exact) mass is 474 g/mol. The summed E-state index contributed by atoms with van der Waals surface area (Å²) in [5.41, 5.74) is 0. The number of methoxy groups -OCH3 is 3. The highest BCUT2D eigenvalue weighted by Gasteiger charge is 2.48. The predicted octanol–water partition coefficient (Wildman–Crippen LogP) is 4.58. The van der Waals surface area contributed by atoms with Gasteiger partial charge in [-0.3, -0.25) is 9.59 Å².